The van der Waals surface area contributed by atoms with Gasteiger partial charge in [-0.15, -0.1) is 0 Å². The van der Waals surface area contributed by atoms with E-state index in [1.54, 1.807) is 36.4 Å². The first-order valence-corrected chi connectivity index (χ1v) is 16.6. The van der Waals surface area contributed by atoms with Crippen molar-refractivity contribution in [2.75, 3.05) is 18.4 Å². The number of carbonyl (C=O) groups is 4. The van der Waals surface area contributed by atoms with Crippen molar-refractivity contribution in [1.29, 1.82) is 0 Å². The number of phenols is 1. The Morgan fingerprint density at radius 1 is 1.00 bits per heavy atom. The van der Waals surface area contributed by atoms with Gasteiger partial charge in [0.15, 0.2) is 0 Å². The standard InChI is InChI=1S/C34H33N3O7S/c1-20-16-21(4-5-23(20)19-37-14-2-3-15-37)17-27-26-11-10-25(38)18-29(26)45(43-33(41)34(42)44-45)31(27)22-6-8-24(9-7-22)35-32(40)28-12-13-30(39)36-28/h4-11,16,18,28,38H,2-3,12-15,17,19H2,1H3,(H,35,40)(H,36,39)/t28-/m1/s1. The van der Waals surface area contributed by atoms with Crippen molar-refractivity contribution >= 4 is 50.5 Å². The van der Waals surface area contributed by atoms with Crippen molar-refractivity contribution in [3.63, 3.8) is 0 Å². The average molecular weight is 628 g/mol. The van der Waals surface area contributed by atoms with Crippen LogP contribution in [0.4, 0.5) is 5.69 Å². The third-order valence-corrected chi connectivity index (χ3v) is 11.5. The lowest BCUT2D eigenvalue weighted by atomic mass is 9.94. The van der Waals surface area contributed by atoms with Crippen molar-refractivity contribution < 1.29 is 32.7 Å². The molecule has 3 saturated heterocycles. The minimum absolute atomic E-state index is 0.0422. The number of likely N-dealkylation sites (tertiary alicyclic amines) is 1. The summed E-state index contributed by atoms with van der Waals surface area (Å²) in [4.78, 5) is 52.9. The van der Waals surface area contributed by atoms with Crippen LogP contribution in [0.25, 0.3) is 10.5 Å². The first-order valence-electron chi connectivity index (χ1n) is 15.1. The maximum absolute atomic E-state index is 12.7. The Labute approximate surface area is 262 Å². The van der Waals surface area contributed by atoms with Crippen LogP contribution in [0.2, 0.25) is 0 Å². The number of aryl methyl sites for hydroxylation is 1. The summed E-state index contributed by atoms with van der Waals surface area (Å²) < 4.78 is 11.6. The summed E-state index contributed by atoms with van der Waals surface area (Å²) in [6, 6.07) is 17.7. The van der Waals surface area contributed by atoms with Gasteiger partial charge >= 0.3 is 11.9 Å². The number of phenolic OH excluding ortho intramolecular Hbond substituents is 1. The van der Waals surface area contributed by atoms with Gasteiger partial charge in [0.2, 0.25) is 11.8 Å². The molecular formula is C34H33N3O7S. The van der Waals surface area contributed by atoms with E-state index in [1.165, 1.54) is 30.0 Å². The smallest absolute Gasteiger partial charge is 0.442 e. The lowest BCUT2D eigenvalue weighted by molar-refractivity contribution is -0.150. The van der Waals surface area contributed by atoms with Crippen molar-refractivity contribution in [1.82, 2.24) is 10.2 Å². The largest absolute Gasteiger partial charge is 0.508 e. The van der Waals surface area contributed by atoms with E-state index in [-0.39, 0.29) is 17.6 Å². The zero-order chi connectivity index (χ0) is 31.3. The molecule has 0 radical (unpaired) electrons. The first kappa shape index (κ1) is 29.1. The molecule has 1 atom stereocenters. The molecule has 0 aromatic heterocycles. The zero-order valence-corrected chi connectivity index (χ0v) is 25.6. The maximum atomic E-state index is 12.7. The van der Waals surface area contributed by atoms with Crippen molar-refractivity contribution in [3.05, 3.63) is 88.5 Å². The fourth-order valence-corrected chi connectivity index (χ4v) is 9.40. The number of rotatable bonds is 7. The molecule has 0 bridgehead atoms. The van der Waals surface area contributed by atoms with E-state index in [4.69, 9.17) is 8.37 Å². The van der Waals surface area contributed by atoms with E-state index in [0.29, 0.717) is 40.3 Å². The van der Waals surface area contributed by atoms with E-state index < -0.39 is 28.6 Å². The molecule has 7 rings (SSSR count). The molecular weight excluding hydrogens is 594 g/mol. The van der Waals surface area contributed by atoms with Crippen LogP contribution < -0.4 is 10.6 Å². The quantitative estimate of drug-likeness (QED) is 0.320. The summed E-state index contributed by atoms with van der Waals surface area (Å²) in [6.07, 6.45) is 3.67. The number of aromatic hydroxyl groups is 1. The van der Waals surface area contributed by atoms with Gasteiger partial charge in [-0.1, -0.05) is 40.9 Å². The first-order chi connectivity index (χ1) is 21.7. The Kier molecular flexibility index (Phi) is 7.37. The van der Waals surface area contributed by atoms with Crippen LogP contribution in [0.15, 0.2) is 65.6 Å². The summed E-state index contributed by atoms with van der Waals surface area (Å²) >= 11 is 0. The number of hydrogen-bond acceptors (Lipinski definition) is 8. The van der Waals surface area contributed by atoms with Gasteiger partial charge < -0.3 is 24.1 Å². The van der Waals surface area contributed by atoms with E-state index in [2.05, 4.69) is 40.7 Å². The Morgan fingerprint density at radius 2 is 1.73 bits per heavy atom. The molecule has 0 unspecified atom stereocenters. The fourth-order valence-electron chi connectivity index (χ4n) is 6.53. The number of hydrogen-bond donors (Lipinski definition) is 3. The van der Waals surface area contributed by atoms with Crippen molar-refractivity contribution in [2.45, 2.75) is 56.5 Å². The third kappa shape index (κ3) is 5.36. The van der Waals surface area contributed by atoms with Gasteiger partial charge in [0, 0.05) is 42.3 Å². The lowest BCUT2D eigenvalue weighted by Crippen LogP contribution is -2.37. The Bertz CT molecular complexity index is 1760. The molecule has 4 aliphatic heterocycles. The SMILES string of the molecule is Cc1cc(CC2=C(c3ccc(NC(=O)[C@H]4CCC(=O)N4)cc3)S3(OC(=O)C(=O)O3)c3cc(O)ccc32)ccc1CN1CCCC1. The summed E-state index contributed by atoms with van der Waals surface area (Å²) in [6.45, 7) is 5.26. The van der Waals surface area contributed by atoms with Crippen LogP contribution in [0.1, 0.15) is 53.5 Å². The molecule has 45 heavy (non-hydrogen) atoms. The molecule has 10 nitrogen and oxygen atoms in total. The Morgan fingerprint density at radius 3 is 2.40 bits per heavy atom. The van der Waals surface area contributed by atoms with Gasteiger partial charge in [0.25, 0.3) is 0 Å². The molecule has 0 saturated carbocycles. The van der Waals surface area contributed by atoms with E-state index >= 15 is 0 Å². The van der Waals surface area contributed by atoms with Gasteiger partial charge in [0.05, 0.1) is 9.80 Å². The molecule has 0 aliphatic carbocycles. The average Bonchev–Trinajstić information content (AvgIpc) is 3.80. The molecule has 3 aromatic carbocycles. The minimum Gasteiger partial charge on any atom is -0.508 e. The molecule has 3 fully saturated rings. The van der Waals surface area contributed by atoms with Gasteiger partial charge in [-0.2, -0.15) is 0 Å². The predicted octanol–water partition coefficient (Wildman–Crippen LogP) is 4.73. The molecule has 3 N–H and O–H groups in total. The van der Waals surface area contributed by atoms with Crippen LogP contribution in [0, 0.1) is 6.92 Å². The van der Waals surface area contributed by atoms with Gasteiger partial charge in [-0.25, -0.2) is 9.59 Å². The molecule has 3 aromatic rings. The highest BCUT2D eigenvalue weighted by atomic mass is 32.3. The molecule has 4 heterocycles. The van der Waals surface area contributed by atoms with Crippen molar-refractivity contribution in [3.8, 4) is 5.75 Å². The van der Waals surface area contributed by atoms with Gasteiger partial charge in [0.1, 0.15) is 11.8 Å². The lowest BCUT2D eigenvalue weighted by Gasteiger charge is -2.34. The highest BCUT2D eigenvalue weighted by Gasteiger charge is 2.52. The number of nitrogens with zero attached hydrogens (tertiary/aromatic N) is 1. The highest BCUT2D eigenvalue weighted by Crippen LogP contribution is 2.76. The molecule has 232 valence electrons. The molecule has 4 aliphatic rings. The van der Waals surface area contributed by atoms with E-state index in [9.17, 15) is 24.3 Å². The normalized spacial score (nSPS) is 21.1. The number of amides is 2. The van der Waals surface area contributed by atoms with Gasteiger partial charge in [-0.05, 0) is 85.8 Å². The summed E-state index contributed by atoms with van der Waals surface area (Å²) in [7, 11) is -3.08. The highest BCUT2D eigenvalue weighted by molar-refractivity contribution is 8.35. The van der Waals surface area contributed by atoms with Crippen LogP contribution in [-0.2, 0) is 40.5 Å². The maximum Gasteiger partial charge on any atom is 0.442 e. The second kappa shape index (κ2) is 11.4. The second-order valence-corrected chi connectivity index (χ2v) is 14.1. The molecule has 1 spiro atoms. The molecule has 11 heteroatoms. The van der Waals surface area contributed by atoms with Crippen LogP contribution in [-0.4, -0.2) is 52.9 Å². The van der Waals surface area contributed by atoms with Crippen LogP contribution in [0.3, 0.4) is 0 Å². The summed E-state index contributed by atoms with van der Waals surface area (Å²) in [5.41, 5.74) is 6.22. The number of carbonyl (C=O) groups excluding carboxylic acids is 4. The number of fused-ring (bicyclic) bond motifs is 2. The van der Waals surface area contributed by atoms with E-state index in [1.807, 2.05) is 0 Å². The number of nitrogens with one attached hydrogen (secondary N) is 2. The molecule has 2 amide bonds. The Hall–Kier alpha value is -4.61. The summed E-state index contributed by atoms with van der Waals surface area (Å²) in [5, 5.41) is 16.0. The predicted molar refractivity (Wildman–Crippen MR) is 169 cm³/mol. The van der Waals surface area contributed by atoms with Crippen LogP contribution >= 0.6 is 10.6 Å². The monoisotopic (exact) mass is 627 g/mol. The summed E-state index contributed by atoms with van der Waals surface area (Å²) in [5.74, 6) is -2.66. The second-order valence-electron chi connectivity index (χ2n) is 11.9. The van der Waals surface area contributed by atoms with Crippen molar-refractivity contribution in [2.24, 2.45) is 0 Å². The number of allylic oxidation sites excluding steroid dienone is 1. The minimum atomic E-state index is -3.08. The Balaban J connectivity index is 1.27. The third-order valence-electron chi connectivity index (χ3n) is 8.78. The fraction of sp³-hybridized carbons (Fsp3) is 0.294. The van der Waals surface area contributed by atoms with Gasteiger partial charge in [-0.3, -0.25) is 14.5 Å². The number of benzene rings is 3. The van der Waals surface area contributed by atoms with E-state index in [0.717, 1.165) is 36.3 Å². The van der Waals surface area contributed by atoms with Crippen LogP contribution in [0.5, 0.6) is 5.75 Å². The number of anilines is 1. The zero-order valence-electron chi connectivity index (χ0n) is 24.8. The topological polar surface area (TPSA) is 134 Å².